The molecule has 0 aromatic heterocycles. The molecule has 0 radical (unpaired) electrons. The van der Waals surface area contributed by atoms with Crippen molar-refractivity contribution in [2.24, 2.45) is 0 Å². The summed E-state index contributed by atoms with van der Waals surface area (Å²) in [6.07, 6.45) is 5.56. The molecule has 0 fully saturated rings. The summed E-state index contributed by atoms with van der Waals surface area (Å²) < 4.78 is 10.9. The van der Waals surface area contributed by atoms with Crippen molar-refractivity contribution in [1.29, 1.82) is 0 Å². The molecule has 0 saturated heterocycles. The van der Waals surface area contributed by atoms with Gasteiger partial charge in [0.15, 0.2) is 0 Å². The van der Waals surface area contributed by atoms with E-state index in [1.807, 2.05) is 58.0 Å². The van der Waals surface area contributed by atoms with Crippen LogP contribution in [0.2, 0.25) is 0 Å². The van der Waals surface area contributed by atoms with E-state index in [4.69, 9.17) is 15.9 Å². The van der Waals surface area contributed by atoms with Gasteiger partial charge in [0.2, 0.25) is 0 Å². The van der Waals surface area contributed by atoms with Gasteiger partial charge in [-0.15, -0.1) is 6.42 Å². The van der Waals surface area contributed by atoms with Crippen LogP contribution in [0.1, 0.15) is 43.6 Å². The Morgan fingerprint density at radius 1 is 1.08 bits per heavy atom. The van der Waals surface area contributed by atoms with Crippen LogP contribution >= 0.6 is 0 Å². The fourth-order valence-corrected chi connectivity index (χ4v) is 2.24. The number of terminal acetylenes is 1. The molecule has 24 heavy (non-hydrogen) atoms. The number of carbonyl (C=O) groups is 1. The summed E-state index contributed by atoms with van der Waals surface area (Å²) in [5.41, 5.74) is 2.68. The average Bonchev–Trinajstić information content (AvgIpc) is 2.54. The quantitative estimate of drug-likeness (QED) is 0.605. The van der Waals surface area contributed by atoms with Gasteiger partial charge in [0.25, 0.3) is 0 Å². The average molecular weight is 322 g/mol. The van der Waals surface area contributed by atoms with E-state index in [0.29, 0.717) is 23.5 Å². The summed E-state index contributed by atoms with van der Waals surface area (Å²) in [4.78, 5) is 12.1. The number of ether oxygens (including phenoxy) is 2. The summed E-state index contributed by atoms with van der Waals surface area (Å²) in [5, 5.41) is 0. The van der Waals surface area contributed by atoms with Crippen molar-refractivity contribution < 1.29 is 14.3 Å². The van der Waals surface area contributed by atoms with Gasteiger partial charge in [0.1, 0.15) is 11.4 Å². The van der Waals surface area contributed by atoms with Crippen molar-refractivity contribution >= 4 is 5.97 Å². The maximum absolute atomic E-state index is 12.1. The molecule has 3 nitrogen and oxygen atoms in total. The highest BCUT2D eigenvalue weighted by molar-refractivity contribution is 5.90. The summed E-state index contributed by atoms with van der Waals surface area (Å²) in [6, 6.07) is 13.0. The van der Waals surface area contributed by atoms with Crippen LogP contribution in [0.25, 0.3) is 11.1 Å². The number of rotatable bonds is 4. The van der Waals surface area contributed by atoms with E-state index in [-0.39, 0.29) is 5.97 Å². The van der Waals surface area contributed by atoms with Crippen molar-refractivity contribution in [1.82, 2.24) is 0 Å². The molecule has 0 spiro atoms. The van der Waals surface area contributed by atoms with E-state index in [0.717, 1.165) is 11.1 Å². The van der Waals surface area contributed by atoms with Crippen molar-refractivity contribution in [3.05, 3.63) is 53.6 Å². The summed E-state index contributed by atoms with van der Waals surface area (Å²) in [5.74, 6) is 3.02. The number of hydrogen-bond acceptors (Lipinski definition) is 3. The fraction of sp³-hybridized carbons (Fsp3) is 0.286. The van der Waals surface area contributed by atoms with Crippen molar-refractivity contribution in [2.75, 3.05) is 6.61 Å². The predicted molar refractivity (Wildman–Crippen MR) is 96.2 cm³/mol. The molecular weight excluding hydrogens is 300 g/mol. The SMILES string of the molecule is C#Cc1cc(-c2ccc(C(=O)OC(C)(C)C)cc2)ccc1OCC. The van der Waals surface area contributed by atoms with Gasteiger partial charge in [-0.25, -0.2) is 4.79 Å². The summed E-state index contributed by atoms with van der Waals surface area (Å²) in [7, 11) is 0. The van der Waals surface area contributed by atoms with Gasteiger partial charge in [-0.05, 0) is 63.1 Å². The second-order valence-electron chi connectivity index (χ2n) is 6.37. The standard InChI is InChI=1S/C21H22O3/c1-6-15-14-18(12-13-19(15)23-7-2)16-8-10-17(11-9-16)20(22)24-21(3,4)5/h1,8-14H,7H2,2-5H3. The minimum atomic E-state index is -0.507. The zero-order chi connectivity index (χ0) is 17.7. The molecule has 124 valence electrons. The van der Waals surface area contributed by atoms with E-state index in [1.165, 1.54) is 0 Å². The maximum atomic E-state index is 12.1. The lowest BCUT2D eigenvalue weighted by Gasteiger charge is -2.19. The second kappa shape index (κ2) is 7.23. The molecule has 0 N–H and O–H groups in total. The van der Waals surface area contributed by atoms with Crippen molar-refractivity contribution in [2.45, 2.75) is 33.3 Å². The topological polar surface area (TPSA) is 35.5 Å². The zero-order valence-electron chi connectivity index (χ0n) is 14.6. The fourth-order valence-electron chi connectivity index (χ4n) is 2.24. The third kappa shape index (κ3) is 4.39. The first-order chi connectivity index (χ1) is 11.3. The highest BCUT2D eigenvalue weighted by atomic mass is 16.6. The van der Waals surface area contributed by atoms with Crippen LogP contribution < -0.4 is 4.74 Å². The Hall–Kier alpha value is -2.73. The number of hydrogen-bond donors (Lipinski definition) is 0. The lowest BCUT2D eigenvalue weighted by Crippen LogP contribution is -2.23. The third-order valence-corrected chi connectivity index (χ3v) is 3.29. The number of esters is 1. The molecular formula is C21H22O3. The van der Waals surface area contributed by atoms with Crippen molar-refractivity contribution in [3.63, 3.8) is 0 Å². The Labute approximate surface area is 143 Å². The van der Waals surface area contributed by atoms with Crippen LogP contribution in [0.15, 0.2) is 42.5 Å². The first-order valence-corrected chi connectivity index (χ1v) is 7.91. The lowest BCUT2D eigenvalue weighted by molar-refractivity contribution is 0.00696. The van der Waals surface area contributed by atoms with Gasteiger partial charge in [0.05, 0.1) is 17.7 Å². The lowest BCUT2D eigenvalue weighted by atomic mass is 10.0. The van der Waals surface area contributed by atoms with Gasteiger partial charge in [-0.2, -0.15) is 0 Å². The number of carbonyl (C=O) groups excluding carboxylic acids is 1. The van der Waals surface area contributed by atoms with Gasteiger partial charge < -0.3 is 9.47 Å². The molecule has 0 aliphatic carbocycles. The summed E-state index contributed by atoms with van der Waals surface area (Å²) >= 11 is 0. The molecule has 3 heteroatoms. The molecule has 0 aliphatic heterocycles. The Morgan fingerprint density at radius 3 is 2.25 bits per heavy atom. The minimum absolute atomic E-state index is 0.329. The van der Waals surface area contributed by atoms with Crippen LogP contribution in [-0.4, -0.2) is 18.2 Å². The van der Waals surface area contributed by atoms with E-state index >= 15 is 0 Å². The predicted octanol–water partition coefficient (Wildman–Crippen LogP) is 4.69. The van der Waals surface area contributed by atoms with Crippen LogP contribution in [0.3, 0.4) is 0 Å². The highest BCUT2D eigenvalue weighted by Gasteiger charge is 2.17. The minimum Gasteiger partial charge on any atom is -0.493 e. The molecule has 0 unspecified atom stereocenters. The highest BCUT2D eigenvalue weighted by Crippen LogP contribution is 2.27. The smallest absolute Gasteiger partial charge is 0.338 e. The van der Waals surface area contributed by atoms with E-state index in [1.54, 1.807) is 12.1 Å². The second-order valence-corrected chi connectivity index (χ2v) is 6.37. The summed E-state index contributed by atoms with van der Waals surface area (Å²) in [6.45, 7) is 8.03. The normalized spacial score (nSPS) is 10.8. The molecule has 0 amide bonds. The van der Waals surface area contributed by atoms with E-state index in [2.05, 4.69) is 5.92 Å². The van der Waals surface area contributed by atoms with E-state index in [9.17, 15) is 4.79 Å². The van der Waals surface area contributed by atoms with Gasteiger partial charge in [-0.1, -0.05) is 24.1 Å². The largest absolute Gasteiger partial charge is 0.493 e. The van der Waals surface area contributed by atoms with Crippen LogP contribution in [0, 0.1) is 12.3 Å². The van der Waals surface area contributed by atoms with Gasteiger partial charge in [0, 0.05) is 0 Å². The Balaban J connectivity index is 2.25. The maximum Gasteiger partial charge on any atom is 0.338 e. The van der Waals surface area contributed by atoms with E-state index < -0.39 is 5.60 Å². The molecule has 0 aliphatic rings. The number of benzene rings is 2. The van der Waals surface area contributed by atoms with Crippen LogP contribution in [0.4, 0.5) is 0 Å². The molecule has 0 atom stereocenters. The molecule has 2 aromatic carbocycles. The molecule has 0 saturated carbocycles. The Morgan fingerprint density at radius 2 is 1.71 bits per heavy atom. The first-order valence-electron chi connectivity index (χ1n) is 7.91. The molecule has 2 aromatic rings. The van der Waals surface area contributed by atoms with Crippen LogP contribution in [-0.2, 0) is 4.74 Å². The Kier molecular flexibility index (Phi) is 5.31. The first kappa shape index (κ1) is 17.6. The van der Waals surface area contributed by atoms with Gasteiger partial charge >= 0.3 is 5.97 Å². The zero-order valence-corrected chi connectivity index (χ0v) is 14.6. The monoisotopic (exact) mass is 322 g/mol. The Bertz CT molecular complexity index is 759. The molecule has 2 rings (SSSR count). The van der Waals surface area contributed by atoms with Crippen LogP contribution in [0.5, 0.6) is 5.75 Å². The van der Waals surface area contributed by atoms with Crippen molar-refractivity contribution in [3.8, 4) is 29.2 Å². The third-order valence-electron chi connectivity index (χ3n) is 3.29. The molecule has 0 bridgehead atoms. The molecule has 0 heterocycles. The van der Waals surface area contributed by atoms with Gasteiger partial charge in [-0.3, -0.25) is 0 Å².